The van der Waals surface area contributed by atoms with Gasteiger partial charge in [0.2, 0.25) is 0 Å². The maximum Gasteiger partial charge on any atom is 0.326 e. The van der Waals surface area contributed by atoms with E-state index in [1.54, 1.807) is 13.8 Å². The first-order valence-corrected chi connectivity index (χ1v) is 8.22. The van der Waals surface area contributed by atoms with E-state index < -0.39 is 11.1 Å². The summed E-state index contributed by atoms with van der Waals surface area (Å²) in [7, 11) is 0. The number of nitrogens with zero attached hydrogens (tertiary/aromatic N) is 1. The Hall–Kier alpha value is -1.12. The van der Waals surface area contributed by atoms with Gasteiger partial charge in [0.15, 0.2) is 0 Å². The van der Waals surface area contributed by atoms with Crippen LogP contribution in [0.3, 0.4) is 0 Å². The lowest BCUT2D eigenvalue weighted by molar-refractivity contribution is -0.153. The largest absolute Gasteiger partial charge is 0.462 e. The van der Waals surface area contributed by atoms with Crippen LogP contribution in [0.2, 0.25) is 0 Å². The summed E-state index contributed by atoms with van der Waals surface area (Å²) in [5.74, 6) is -0.295. The molecule has 4 N–H and O–H groups in total. The molecule has 0 fully saturated rings. The zero-order valence-corrected chi connectivity index (χ0v) is 15.2. The molecule has 0 bridgehead atoms. The lowest BCUT2D eigenvalue weighted by Gasteiger charge is -2.23. The molecular formula is C19H43N3O2. The number of nitrogens with two attached hydrogens (primary N) is 2. The molecule has 5 nitrogen and oxygen atoms in total. The molecule has 0 heterocycles. The van der Waals surface area contributed by atoms with Crippen molar-refractivity contribution >= 4 is 5.97 Å². The first-order valence-electron chi connectivity index (χ1n) is 8.22. The van der Waals surface area contributed by atoms with Gasteiger partial charge in [0.05, 0.1) is 12.2 Å². The average molecular weight is 346 g/mol. The van der Waals surface area contributed by atoms with E-state index >= 15 is 0 Å². The van der Waals surface area contributed by atoms with Gasteiger partial charge in [-0.1, -0.05) is 54.4 Å². The second-order valence-corrected chi connectivity index (χ2v) is 6.61. The van der Waals surface area contributed by atoms with Gasteiger partial charge in [0, 0.05) is 0 Å². The summed E-state index contributed by atoms with van der Waals surface area (Å²) < 4.78 is 5.05. The average Bonchev–Trinajstić information content (AvgIpc) is 2.43. The fourth-order valence-electron chi connectivity index (χ4n) is 1.59. The van der Waals surface area contributed by atoms with E-state index in [9.17, 15) is 4.79 Å². The molecule has 146 valence electrons. The third-order valence-electron chi connectivity index (χ3n) is 3.16. The molecule has 0 aliphatic heterocycles. The Labute approximate surface area is 151 Å². The monoisotopic (exact) mass is 345 g/mol. The van der Waals surface area contributed by atoms with Crippen LogP contribution in [0, 0.1) is 11.3 Å². The second kappa shape index (κ2) is 15.4. The summed E-state index contributed by atoms with van der Waals surface area (Å²) >= 11 is 0. The van der Waals surface area contributed by atoms with Gasteiger partial charge >= 0.3 is 5.97 Å². The normalized spacial score (nSPS) is 14.5. The molecule has 0 radical (unpaired) electrons. The number of carbonyl (C=O) groups is 1. The lowest BCUT2D eigenvalue weighted by Crippen LogP contribution is -2.46. The number of unbranched alkanes of at least 4 members (excludes halogenated alkanes) is 2. The molecule has 5 heteroatoms. The fraction of sp³-hybridized carbons (Fsp3) is 0.895. The van der Waals surface area contributed by atoms with Gasteiger partial charge in [0.1, 0.15) is 11.1 Å². The quantitative estimate of drug-likeness (QED) is 0.629. The maximum absolute atomic E-state index is 11.4. The Bertz CT molecular complexity index is 345. The van der Waals surface area contributed by atoms with Crippen molar-refractivity contribution in [2.75, 3.05) is 0 Å². The van der Waals surface area contributed by atoms with Gasteiger partial charge in [-0.25, -0.2) is 0 Å². The minimum absolute atomic E-state index is 0. The van der Waals surface area contributed by atoms with E-state index in [1.165, 1.54) is 0 Å². The van der Waals surface area contributed by atoms with Crippen molar-refractivity contribution in [1.29, 1.82) is 5.26 Å². The van der Waals surface area contributed by atoms with Crippen molar-refractivity contribution in [3.05, 3.63) is 0 Å². The van der Waals surface area contributed by atoms with Gasteiger partial charge in [-0.2, -0.15) is 5.26 Å². The summed E-state index contributed by atoms with van der Waals surface area (Å²) in [4.78, 5) is 11.4. The summed E-state index contributed by atoms with van der Waals surface area (Å²) in [5, 5.41) is 8.45. The summed E-state index contributed by atoms with van der Waals surface area (Å²) in [6, 6.07) is 2.05. The highest BCUT2D eigenvalue weighted by molar-refractivity contribution is 5.80. The Morgan fingerprint density at radius 1 is 1.08 bits per heavy atom. The Balaban J connectivity index is -0.000000162. The molecule has 0 rings (SSSR count). The minimum atomic E-state index is -0.819. The predicted octanol–water partition coefficient (Wildman–Crippen LogP) is 4.54. The van der Waals surface area contributed by atoms with Crippen molar-refractivity contribution < 1.29 is 9.53 Å². The van der Waals surface area contributed by atoms with Crippen LogP contribution in [0.4, 0.5) is 0 Å². The first kappa shape index (κ1) is 30.7. The van der Waals surface area contributed by atoms with Crippen molar-refractivity contribution in [2.45, 2.75) is 112 Å². The fourth-order valence-corrected chi connectivity index (χ4v) is 1.59. The van der Waals surface area contributed by atoms with Crippen LogP contribution < -0.4 is 11.5 Å². The zero-order valence-electron chi connectivity index (χ0n) is 15.2. The number of rotatable bonds is 8. The zero-order chi connectivity index (χ0) is 17.8. The molecular weight excluding hydrogens is 302 g/mol. The number of hydrogen-bond donors (Lipinski definition) is 2. The molecule has 0 aromatic rings. The number of ether oxygens (including phenoxy) is 1. The van der Waals surface area contributed by atoms with Gasteiger partial charge < -0.3 is 16.2 Å². The topological polar surface area (TPSA) is 102 Å². The van der Waals surface area contributed by atoms with Crippen LogP contribution in [0.1, 0.15) is 94.9 Å². The third-order valence-corrected chi connectivity index (χ3v) is 3.16. The highest BCUT2D eigenvalue weighted by atomic mass is 16.5. The van der Waals surface area contributed by atoms with Crippen LogP contribution in [-0.4, -0.2) is 23.2 Å². The molecule has 0 aliphatic carbocycles. The number of carbonyl (C=O) groups excluding carboxylic acids is 1. The van der Waals surface area contributed by atoms with Crippen molar-refractivity contribution in [2.24, 2.45) is 11.5 Å². The van der Waals surface area contributed by atoms with E-state index in [4.69, 9.17) is 21.5 Å². The van der Waals surface area contributed by atoms with E-state index in [2.05, 4.69) is 19.9 Å². The maximum atomic E-state index is 11.4. The van der Waals surface area contributed by atoms with Gasteiger partial charge in [0.25, 0.3) is 0 Å². The van der Waals surface area contributed by atoms with Crippen LogP contribution in [0.5, 0.6) is 0 Å². The lowest BCUT2D eigenvalue weighted by atomic mass is 9.96. The molecule has 2 unspecified atom stereocenters. The van der Waals surface area contributed by atoms with E-state index in [0.29, 0.717) is 6.42 Å². The molecule has 0 saturated heterocycles. The first-order chi connectivity index (χ1) is 10.0. The standard InChI is InChI=1S/C10H21NO2.C7H14N2.2CH4/c1-5-6-7-10(4,11)9(12)13-8(2)3;1-3-4-5-7(2,9)6-8;;/h8H,5-7,11H2,1-4H3;3-5,9H2,1-2H3;2*1H4. The van der Waals surface area contributed by atoms with Crippen LogP contribution >= 0.6 is 0 Å². The minimum Gasteiger partial charge on any atom is -0.462 e. The second-order valence-electron chi connectivity index (χ2n) is 6.61. The summed E-state index contributed by atoms with van der Waals surface area (Å²) in [6.45, 7) is 11.3. The van der Waals surface area contributed by atoms with E-state index in [0.717, 1.165) is 32.1 Å². The Morgan fingerprint density at radius 2 is 1.50 bits per heavy atom. The van der Waals surface area contributed by atoms with Gasteiger partial charge in [-0.05, 0) is 40.5 Å². The molecule has 0 saturated carbocycles. The van der Waals surface area contributed by atoms with Gasteiger partial charge in [-0.3, -0.25) is 4.79 Å². The molecule has 0 aromatic carbocycles. The number of esters is 1. The Kier molecular flexibility index (Phi) is 19.7. The summed E-state index contributed by atoms with van der Waals surface area (Å²) in [6.07, 6.45) is 5.56. The van der Waals surface area contributed by atoms with E-state index in [1.807, 2.05) is 13.8 Å². The molecule has 0 spiro atoms. The van der Waals surface area contributed by atoms with Crippen LogP contribution in [0.15, 0.2) is 0 Å². The van der Waals surface area contributed by atoms with Gasteiger partial charge in [-0.15, -0.1) is 0 Å². The highest BCUT2D eigenvalue weighted by Crippen LogP contribution is 2.13. The summed E-state index contributed by atoms with van der Waals surface area (Å²) in [5.41, 5.74) is 9.94. The molecule has 0 aliphatic rings. The number of nitriles is 1. The van der Waals surface area contributed by atoms with Crippen LogP contribution in [-0.2, 0) is 9.53 Å². The smallest absolute Gasteiger partial charge is 0.326 e. The molecule has 2 atom stereocenters. The molecule has 0 aromatic heterocycles. The molecule has 24 heavy (non-hydrogen) atoms. The third kappa shape index (κ3) is 17.2. The predicted molar refractivity (Wildman–Crippen MR) is 105 cm³/mol. The van der Waals surface area contributed by atoms with Crippen molar-refractivity contribution in [1.82, 2.24) is 0 Å². The van der Waals surface area contributed by atoms with Crippen molar-refractivity contribution in [3.63, 3.8) is 0 Å². The molecule has 0 amide bonds. The highest BCUT2D eigenvalue weighted by Gasteiger charge is 2.29. The van der Waals surface area contributed by atoms with Crippen LogP contribution in [0.25, 0.3) is 0 Å². The van der Waals surface area contributed by atoms with E-state index in [-0.39, 0.29) is 26.9 Å². The van der Waals surface area contributed by atoms with Crippen molar-refractivity contribution in [3.8, 4) is 6.07 Å². The SMILES string of the molecule is C.C.CCCCC(C)(N)C#N.CCCCC(C)(N)C(=O)OC(C)C. The Morgan fingerprint density at radius 3 is 1.83 bits per heavy atom. The number of hydrogen-bond acceptors (Lipinski definition) is 5.